The van der Waals surface area contributed by atoms with E-state index in [1.54, 1.807) is 10.4 Å². The molecule has 0 saturated carbocycles. The maximum atomic E-state index is 3.42. The SMILES string of the molecule is CCNCc1csc2c1C(C)(C)CC2. The Bertz CT molecular complexity index is 325. The van der Waals surface area contributed by atoms with Crippen LogP contribution >= 0.6 is 11.3 Å². The van der Waals surface area contributed by atoms with Crippen molar-refractivity contribution in [2.24, 2.45) is 0 Å². The highest BCUT2D eigenvalue weighted by molar-refractivity contribution is 7.10. The average molecular weight is 209 g/mol. The number of fused-ring (bicyclic) bond motifs is 1. The van der Waals surface area contributed by atoms with Crippen LogP contribution in [0, 0.1) is 0 Å². The molecule has 0 bridgehead atoms. The van der Waals surface area contributed by atoms with Gasteiger partial charge in [-0.1, -0.05) is 20.8 Å². The summed E-state index contributed by atoms with van der Waals surface area (Å²) in [6.07, 6.45) is 2.62. The van der Waals surface area contributed by atoms with E-state index in [0.29, 0.717) is 5.41 Å². The quantitative estimate of drug-likeness (QED) is 0.806. The molecule has 2 rings (SSSR count). The maximum Gasteiger partial charge on any atom is 0.0216 e. The predicted octanol–water partition coefficient (Wildman–Crippen LogP) is 3.08. The van der Waals surface area contributed by atoms with Crippen molar-refractivity contribution in [2.75, 3.05) is 6.54 Å². The molecule has 0 fully saturated rings. The smallest absolute Gasteiger partial charge is 0.0216 e. The Kier molecular flexibility index (Phi) is 2.67. The third-order valence-corrected chi connectivity index (χ3v) is 4.26. The van der Waals surface area contributed by atoms with E-state index < -0.39 is 0 Å². The molecule has 0 unspecified atom stereocenters. The first kappa shape index (κ1) is 10.2. The zero-order valence-corrected chi connectivity index (χ0v) is 10.1. The molecule has 0 atom stereocenters. The summed E-state index contributed by atoms with van der Waals surface area (Å²) in [6, 6.07) is 0. The van der Waals surface area contributed by atoms with Gasteiger partial charge in [-0.25, -0.2) is 0 Å². The fourth-order valence-corrected chi connectivity index (χ4v) is 3.61. The fourth-order valence-electron chi connectivity index (χ4n) is 2.38. The van der Waals surface area contributed by atoms with Gasteiger partial charge in [0.05, 0.1) is 0 Å². The van der Waals surface area contributed by atoms with Crippen LogP contribution in [0.3, 0.4) is 0 Å². The molecule has 78 valence electrons. The normalized spacial score (nSPS) is 18.5. The summed E-state index contributed by atoms with van der Waals surface area (Å²) in [6.45, 7) is 9.02. The third-order valence-electron chi connectivity index (χ3n) is 3.16. The monoisotopic (exact) mass is 209 g/mol. The minimum atomic E-state index is 0.417. The first-order valence-corrected chi connectivity index (χ1v) is 6.33. The molecule has 0 aliphatic heterocycles. The second-order valence-corrected chi connectivity index (χ2v) is 5.69. The van der Waals surface area contributed by atoms with E-state index in [2.05, 4.69) is 31.5 Å². The van der Waals surface area contributed by atoms with E-state index in [9.17, 15) is 0 Å². The number of hydrogen-bond donors (Lipinski definition) is 1. The third kappa shape index (κ3) is 1.61. The van der Waals surface area contributed by atoms with Gasteiger partial charge in [-0.2, -0.15) is 0 Å². The minimum absolute atomic E-state index is 0.417. The second-order valence-electron chi connectivity index (χ2n) is 4.72. The molecule has 1 aliphatic rings. The summed E-state index contributed by atoms with van der Waals surface area (Å²) < 4.78 is 0. The second kappa shape index (κ2) is 3.67. The van der Waals surface area contributed by atoms with Gasteiger partial charge in [0, 0.05) is 11.4 Å². The number of rotatable bonds is 3. The highest BCUT2D eigenvalue weighted by atomic mass is 32.1. The largest absolute Gasteiger partial charge is 0.313 e. The zero-order chi connectivity index (χ0) is 10.2. The lowest BCUT2D eigenvalue weighted by atomic mass is 9.85. The van der Waals surface area contributed by atoms with Crippen molar-refractivity contribution in [1.29, 1.82) is 0 Å². The molecule has 2 heteroatoms. The highest BCUT2D eigenvalue weighted by Gasteiger charge is 2.33. The molecule has 0 radical (unpaired) electrons. The van der Waals surface area contributed by atoms with Crippen molar-refractivity contribution in [1.82, 2.24) is 5.32 Å². The van der Waals surface area contributed by atoms with E-state index in [-0.39, 0.29) is 0 Å². The van der Waals surface area contributed by atoms with Crippen LogP contribution < -0.4 is 5.32 Å². The summed E-state index contributed by atoms with van der Waals surface area (Å²) >= 11 is 1.95. The summed E-state index contributed by atoms with van der Waals surface area (Å²) in [5, 5.41) is 5.77. The molecule has 0 saturated heterocycles. The first-order chi connectivity index (χ1) is 6.65. The minimum Gasteiger partial charge on any atom is -0.313 e. The fraction of sp³-hybridized carbons (Fsp3) is 0.667. The molecular weight excluding hydrogens is 190 g/mol. The Labute approximate surface area is 90.5 Å². The van der Waals surface area contributed by atoms with Gasteiger partial charge in [-0.05, 0) is 41.3 Å². The van der Waals surface area contributed by atoms with Crippen LogP contribution in [0.1, 0.15) is 43.2 Å². The summed E-state index contributed by atoms with van der Waals surface area (Å²) in [5.74, 6) is 0. The van der Waals surface area contributed by atoms with Crippen LogP contribution in [-0.2, 0) is 18.4 Å². The van der Waals surface area contributed by atoms with E-state index in [1.807, 2.05) is 11.3 Å². The Morgan fingerprint density at radius 2 is 2.29 bits per heavy atom. The van der Waals surface area contributed by atoms with Gasteiger partial charge in [-0.3, -0.25) is 0 Å². The Balaban J connectivity index is 2.27. The Morgan fingerprint density at radius 3 is 3.00 bits per heavy atom. The molecule has 1 aromatic rings. The molecule has 14 heavy (non-hydrogen) atoms. The van der Waals surface area contributed by atoms with E-state index in [1.165, 1.54) is 18.4 Å². The van der Waals surface area contributed by atoms with Gasteiger partial charge in [0.15, 0.2) is 0 Å². The summed E-state index contributed by atoms with van der Waals surface area (Å²) in [4.78, 5) is 1.63. The molecule has 1 N–H and O–H groups in total. The highest BCUT2D eigenvalue weighted by Crippen LogP contribution is 2.43. The lowest BCUT2D eigenvalue weighted by Crippen LogP contribution is -2.18. The Morgan fingerprint density at radius 1 is 1.50 bits per heavy atom. The van der Waals surface area contributed by atoms with Crippen LogP contribution in [-0.4, -0.2) is 6.54 Å². The zero-order valence-electron chi connectivity index (χ0n) is 9.31. The van der Waals surface area contributed by atoms with Crippen LogP contribution in [0.15, 0.2) is 5.38 Å². The van der Waals surface area contributed by atoms with E-state index in [0.717, 1.165) is 13.1 Å². The summed E-state index contributed by atoms with van der Waals surface area (Å²) in [7, 11) is 0. The molecule has 0 spiro atoms. The lowest BCUT2D eigenvalue weighted by molar-refractivity contribution is 0.515. The first-order valence-electron chi connectivity index (χ1n) is 5.45. The van der Waals surface area contributed by atoms with Crippen LogP contribution in [0.2, 0.25) is 0 Å². The molecular formula is C12H19NS. The lowest BCUT2D eigenvalue weighted by Gasteiger charge is -2.20. The predicted molar refractivity (Wildman–Crippen MR) is 63.0 cm³/mol. The molecule has 1 heterocycles. The van der Waals surface area contributed by atoms with Gasteiger partial charge in [0.25, 0.3) is 0 Å². The van der Waals surface area contributed by atoms with Crippen molar-refractivity contribution in [3.63, 3.8) is 0 Å². The number of aryl methyl sites for hydroxylation is 1. The Hall–Kier alpha value is -0.340. The van der Waals surface area contributed by atoms with Crippen molar-refractivity contribution < 1.29 is 0 Å². The van der Waals surface area contributed by atoms with E-state index in [4.69, 9.17) is 0 Å². The molecule has 1 nitrogen and oxygen atoms in total. The summed E-state index contributed by atoms with van der Waals surface area (Å²) in [5.41, 5.74) is 3.60. The standard InChI is InChI=1S/C12H19NS/c1-4-13-7-9-8-14-10-5-6-12(2,3)11(9)10/h8,13H,4-7H2,1-3H3. The van der Waals surface area contributed by atoms with Gasteiger partial charge in [0.1, 0.15) is 0 Å². The number of hydrogen-bond acceptors (Lipinski definition) is 2. The van der Waals surface area contributed by atoms with Gasteiger partial charge < -0.3 is 5.32 Å². The number of thiophene rings is 1. The van der Waals surface area contributed by atoms with Crippen LogP contribution in [0.5, 0.6) is 0 Å². The average Bonchev–Trinajstić information content (AvgIpc) is 2.66. The van der Waals surface area contributed by atoms with Crippen molar-refractivity contribution >= 4 is 11.3 Å². The van der Waals surface area contributed by atoms with Crippen molar-refractivity contribution in [3.8, 4) is 0 Å². The van der Waals surface area contributed by atoms with Crippen molar-refractivity contribution in [3.05, 3.63) is 21.4 Å². The molecule has 0 aromatic carbocycles. The van der Waals surface area contributed by atoms with Crippen molar-refractivity contribution in [2.45, 2.75) is 45.6 Å². The van der Waals surface area contributed by atoms with Gasteiger partial charge in [-0.15, -0.1) is 11.3 Å². The number of nitrogens with one attached hydrogen (secondary N) is 1. The molecule has 1 aliphatic carbocycles. The van der Waals surface area contributed by atoms with Gasteiger partial charge >= 0.3 is 0 Å². The van der Waals surface area contributed by atoms with Gasteiger partial charge in [0.2, 0.25) is 0 Å². The van der Waals surface area contributed by atoms with E-state index >= 15 is 0 Å². The molecule has 1 aromatic heterocycles. The topological polar surface area (TPSA) is 12.0 Å². The molecule has 0 amide bonds. The maximum absolute atomic E-state index is 3.42. The van der Waals surface area contributed by atoms with Crippen LogP contribution in [0.4, 0.5) is 0 Å². The van der Waals surface area contributed by atoms with Crippen LogP contribution in [0.25, 0.3) is 0 Å².